The van der Waals surface area contributed by atoms with Crippen LogP contribution in [0.15, 0.2) is 66.8 Å². The number of hydrogen-bond acceptors (Lipinski definition) is 2. The average Bonchev–Trinajstić information content (AvgIpc) is 3.04. The number of benzene rings is 1. The molecule has 0 fully saturated rings. The van der Waals surface area contributed by atoms with Crippen molar-refractivity contribution in [1.82, 2.24) is 14.5 Å². The molecule has 0 saturated carbocycles. The molecule has 2 aromatic heterocycles. The summed E-state index contributed by atoms with van der Waals surface area (Å²) in [5.74, 6) is 1.08. The van der Waals surface area contributed by atoms with Crippen molar-refractivity contribution < 1.29 is 0 Å². The maximum Gasteiger partial charge on any atom is 0.160 e. The van der Waals surface area contributed by atoms with Gasteiger partial charge in [0, 0.05) is 12.1 Å². The van der Waals surface area contributed by atoms with Gasteiger partial charge in [0.2, 0.25) is 0 Å². The van der Waals surface area contributed by atoms with Crippen molar-refractivity contribution in [3.8, 4) is 0 Å². The zero-order valence-corrected chi connectivity index (χ0v) is 19.1. The van der Waals surface area contributed by atoms with Crippen LogP contribution in [0.5, 0.6) is 0 Å². The Labute approximate surface area is 185 Å². The number of pyridine rings is 1. The van der Waals surface area contributed by atoms with Crippen molar-refractivity contribution in [2.75, 3.05) is 0 Å². The van der Waals surface area contributed by atoms with E-state index < -0.39 is 0 Å². The molecule has 3 heteroatoms. The van der Waals surface area contributed by atoms with E-state index in [1.807, 2.05) is 13.0 Å². The highest BCUT2D eigenvalue weighted by Gasteiger charge is 2.18. The molecule has 0 radical (unpaired) electrons. The summed E-state index contributed by atoms with van der Waals surface area (Å²) in [7, 11) is 0. The summed E-state index contributed by atoms with van der Waals surface area (Å²) < 4.78 is 2.28. The van der Waals surface area contributed by atoms with Gasteiger partial charge in [-0.3, -0.25) is 0 Å². The number of allylic oxidation sites excluding steroid dienone is 6. The molecule has 0 aliphatic heterocycles. The molecular weight excluding hydrogens is 378 g/mol. The van der Waals surface area contributed by atoms with Crippen LogP contribution in [-0.4, -0.2) is 14.5 Å². The lowest BCUT2D eigenvalue weighted by Crippen LogP contribution is -2.06. The Kier molecular flexibility index (Phi) is 5.77. The predicted octanol–water partition coefficient (Wildman–Crippen LogP) is 6.68. The quantitative estimate of drug-likeness (QED) is 0.471. The summed E-state index contributed by atoms with van der Waals surface area (Å²) in [6.45, 7) is 17.6. The first-order valence-corrected chi connectivity index (χ1v) is 11.1. The van der Waals surface area contributed by atoms with Crippen LogP contribution in [-0.2, 0) is 19.4 Å². The summed E-state index contributed by atoms with van der Waals surface area (Å²) in [6.07, 6.45) is 9.07. The standard InChI is InChI=1S/C28H31N3/c1-7-10-24-20(6)25-14-11-21(16-23(25)13-12-22(24)8-2)17-31-26(9-3)30-27-18(4)15-19(5)29-28(27)31/h7-8,10-11,14-16H,2,6,9,12-13,17H2,1,3-5H3/b10-7-. The Morgan fingerprint density at radius 3 is 2.65 bits per heavy atom. The second kappa shape index (κ2) is 8.50. The van der Waals surface area contributed by atoms with Gasteiger partial charge in [-0.2, -0.15) is 0 Å². The van der Waals surface area contributed by atoms with E-state index >= 15 is 0 Å². The average molecular weight is 410 g/mol. The molecule has 0 amide bonds. The van der Waals surface area contributed by atoms with Gasteiger partial charge in [0.15, 0.2) is 5.65 Å². The van der Waals surface area contributed by atoms with Gasteiger partial charge in [-0.05, 0) is 78.7 Å². The third kappa shape index (κ3) is 3.81. The lowest BCUT2D eigenvalue weighted by molar-refractivity contribution is 0.744. The number of fused-ring (bicyclic) bond motifs is 2. The number of nitrogens with zero attached hydrogens (tertiary/aromatic N) is 3. The number of rotatable bonds is 5. The molecule has 1 aliphatic rings. The minimum Gasteiger partial charge on any atom is -0.308 e. The molecule has 3 nitrogen and oxygen atoms in total. The lowest BCUT2D eigenvalue weighted by Gasteiger charge is -2.14. The van der Waals surface area contributed by atoms with Crippen LogP contribution in [0.4, 0.5) is 0 Å². The van der Waals surface area contributed by atoms with E-state index in [0.717, 1.165) is 54.1 Å². The van der Waals surface area contributed by atoms with Crippen LogP contribution in [0.2, 0.25) is 0 Å². The second-order valence-electron chi connectivity index (χ2n) is 8.33. The Hall–Kier alpha value is -3.20. The van der Waals surface area contributed by atoms with Crippen LogP contribution < -0.4 is 0 Å². The SMILES string of the molecule is C=CC1=C(/C=C\C)C(=C)c2ccc(Cn3c(CC)nc4c(C)cc(C)nc43)cc2CC1. The van der Waals surface area contributed by atoms with Crippen LogP contribution in [0.1, 0.15) is 54.0 Å². The van der Waals surface area contributed by atoms with E-state index in [4.69, 9.17) is 9.97 Å². The fourth-order valence-electron chi connectivity index (χ4n) is 4.64. The predicted molar refractivity (Wildman–Crippen MR) is 131 cm³/mol. The number of aromatic nitrogens is 3. The summed E-state index contributed by atoms with van der Waals surface area (Å²) in [5, 5.41) is 0. The molecule has 0 bridgehead atoms. The smallest absolute Gasteiger partial charge is 0.160 e. The van der Waals surface area contributed by atoms with Crippen molar-refractivity contribution in [3.05, 3.63) is 101 Å². The molecule has 158 valence electrons. The number of imidazole rings is 1. The van der Waals surface area contributed by atoms with E-state index in [1.165, 1.54) is 33.4 Å². The normalized spacial score (nSPS) is 14.4. The highest BCUT2D eigenvalue weighted by molar-refractivity contribution is 5.84. The van der Waals surface area contributed by atoms with E-state index in [2.05, 4.69) is 74.9 Å². The van der Waals surface area contributed by atoms with Crippen molar-refractivity contribution in [3.63, 3.8) is 0 Å². The molecule has 31 heavy (non-hydrogen) atoms. The minimum atomic E-state index is 0.777. The minimum absolute atomic E-state index is 0.777. The molecule has 1 aliphatic carbocycles. The largest absolute Gasteiger partial charge is 0.308 e. The van der Waals surface area contributed by atoms with Crippen LogP contribution in [0.25, 0.3) is 16.7 Å². The first kappa shape index (κ1) is 21.0. The van der Waals surface area contributed by atoms with Gasteiger partial charge in [0.1, 0.15) is 11.3 Å². The molecule has 0 unspecified atom stereocenters. The Bertz CT molecular complexity index is 1250. The summed E-state index contributed by atoms with van der Waals surface area (Å²) in [5.41, 5.74) is 11.6. The van der Waals surface area contributed by atoms with E-state index in [0.29, 0.717) is 0 Å². The molecular formula is C28H31N3. The fraction of sp³-hybridized carbons (Fsp3) is 0.286. The van der Waals surface area contributed by atoms with Gasteiger partial charge < -0.3 is 4.57 Å². The monoisotopic (exact) mass is 409 g/mol. The maximum absolute atomic E-state index is 4.89. The van der Waals surface area contributed by atoms with Crippen LogP contribution in [0.3, 0.4) is 0 Å². The molecule has 2 heterocycles. The second-order valence-corrected chi connectivity index (χ2v) is 8.33. The molecule has 0 saturated heterocycles. The molecule has 1 aromatic carbocycles. The highest BCUT2D eigenvalue weighted by Crippen LogP contribution is 2.35. The van der Waals surface area contributed by atoms with E-state index in [9.17, 15) is 0 Å². The zero-order chi connectivity index (χ0) is 22.1. The van der Waals surface area contributed by atoms with Crippen LogP contribution in [0, 0.1) is 13.8 Å². The Morgan fingerprint density at radius 2 is 1.94 bits per heavy atom. The van der Waals surface area contributed by atoms with Gasteiger partial charge in [0.25, 0.3) is 0 Å². The highest BCUT2D eigenvalue weighted by atomic mass is 15.1. The van der Waals surface area contributed by atoms with Crippen molar-refractivity contribution in [2.24, 2.45) is 0 Å². The molecule has 0 N–H and O–H groups in total. The van der Waals surface area contributed by atoms with E-state index in [1.54, 1.807) is 0 Å². The van der Waals surface area contributed by atoms with Gasteiger partial charge in [0.05, 0.1) is 6.54 Å². The molecule has 0 spiro atoms. The molecule has 4 rings (SSSR count). The zero-order valence-electron chi connectivity index (χ0n) is 19.1. The summed E-state index contributed by atoms with van der Waals surface area (Å²) in [4.78, 5) is 9.72. The van der Waals surface area contributed by atoms with Gasteiger partial charge in [-0.15, -0.1) is 0 Å². The first-order valence-electron chi connectivity index (χ1n) is 11.1. The number of hydrogen-bond donors (Lipinski definition) is 0. The third-order valence-corrected chi connectivity index (χ3v) is 6.17. The maximum atomic E-state index is 4.89. The first-order chi connectivity index (χ1) is 15.0. The lowest BCUT2D eigenvalue weighted by atomic mass is 9.93. The van der Waals surface area contributed by atoms with E-state index in [-0.39, 0.29) is 0 Å². The Morgan fingerprint density at radius 1 is 1.13 bits per heavy atom. The van der Waals surface area contributed by atoms with Gasteiger partial charge in [-0.25, -0.2) is 9.97 Å². The molecule has 3 aromatic rings. The third-order valence-electron chi connectivity index (χ3n) is 6.17. The van der Waals surface area contributed by atoms with Gasteiger partial charge in [-0.1, -0.05) is 56.5 Å². The van der Waals surface area contributed by atoms with Crippen molar-refractivity contribution in [2.45, 2.75) is 53.5 Å². The van der Waals surface area contributed by atoms with Crippen LogP contribution >= 0.6 is 0 Å². The molecule has 0 atom stereocenters. The Balaban J connectivity index is 1.75. The van der Waals surface area contributed by atoms with Crippen molar-refractivity contribution in [1.29, 1.82) is 0 Å². The fourth-order valence-corrected chi connectivity index (χ4v) is 4.64. The summed E-state index contributed by atoms with van der Waals surface area (Å²) in [6, 6.07) is 8.91. The number of aryl methyl sites for hydroxylation is 4. The summed E-state index contributed by atoms with van der Waals surface area (Å²) >= 11 is 0. The van der Waals surface area contributed by atoms with Gasteiger partial charge >= 0.3 is 0 Å². The van der Waals surface area contributed by atoms with Crippen molar-refractivity contribution >= 4 is 16.7 Å². The topological polar surface area (TPSA) is 30.7 Å².